The van der Waals surface area contributed by atoms with Crippen molar-refractivity contribution in [1.29, 1.82) is 0 Å². The Morgan fingerprint density at radius 2 is 1.94 bits per heavy atom. The minimum Gasteiger partial charge on any atom is -0.494 e. The first-order chi connectivity index (χ1) is 16.5. The zero-order chi connectivity index (χ0) is 24.7. The number of para-hydroxylation sites is 1. The molecule has 5 nitrogen and oxygen atoms in total. The van der Waals surface area contributed by atoms with Crippen molar-refractivity contribution in [2.24, 2.45) is 17.0 Å². The first-order valence-corrected chi connectivity index (χ1v) is 11.4. The molecule has 0 unspecified atom stereocenters. The van der Waals surface area contributed by atoms with E-state index in [2.05, 4.69) is 48.1 Å². The summed E-state index contributed by atoms with van der Waals surface area (Å²) in [6.07, 6.45) is 8.71. The quantitative estimate of drug-likeness (QED) is 0.299. The van der Waals surface area contributed by atoms with Gasteiger partial charge in [-0.2, -0.15) is 0 Å². The average Bonchev–Trinajstić information content (AvgIpc) is 3.19. The molecule has 0 bridgehead atoms. The molecule has 34 heavy (non-hydrogen) atoms. The molecule has 0 amide bonds. The number of ether oxygens (including phenoxy) is 2. The Labute approximate surface area is 202 Å². The van der Waals surface area contributed by atoms with Crippen molar-refractivity contribution in [3.05, 3.63) is 78.0 Å². The van der Waals surface area contributed by atoms with E-state index in [-0.39, 0.29) is 0 Å². The van der Waals surface area contributed by atoms with E-state index in [9.17, 15) is 0 Å². The lowest BCUT2D eigenvalue weighted by Crippen LogP contribution is -2.01. The Morgan fingerprint density at radius 3 is 2.59 bits per heavy atom. The monoisotopic (exact) mass is 455 g/mol. The number of rotatable bonds is 10. The molecule has 1 aromatic heterocycles. The number of nitrogens with zero attached hydrogens (tertiary/aromatic N) is 3. The Hall–Kier alpha value is -3.86. The summed E-state index contributed by atoms with van der Waals surface area (Å²) < 4.78 is 13.6. The number of fused-ring (bicyclic) bond motifs is 1. The van der Waals surface area contributed by atoms with Gasteiger partial charge in [-0.05, 0) is 45.2 Å². The second kappa shape index (κ2) is 11.3. The summed E-state index contributed by atoms with van der Waals surface area (Å²) in [5.74, 6) is 1.36. The van der Waals surface area contributed by atoms with Gasteiger partial charge < -0.3 is 14.0 Å². The van der Waals surface area contributed by atoms with Gasteiger partial charge in [-0.15, -0.1) is 0 Å². The number of methoxy groups -OCH3 is 1. The normalized spacial score (nSPS) is 12.7. The van der Waals surface area contributed by atoms with Crippen LogP contribution in [-0.4, -0.2) is 30.7 Å². The molecule has 0 aliphatic carbocycles. The number of benzene rings is 2. The molecule has 0 saturated heterocycles. The third-order valence-electron chi connectivity index (χ3n) is 5.61. The largest absolute Gasteiger partial charge is 0.494 e. The molecule has 3 rings (SSSR count). The third kappa shape index (κ3) is 5.04. The maximum Gasteiger partial charge on any atom is 0.148 e. The standard InChI is InChI=1S/C29H33N3O2/c1-8-13-24(31-25-17-21(10-3)27(34-16-9-2)18-28(25)33-7)20(4)29(30-5)23-19-32(6)26-15-12-11-14-22(23)26/h8,10-15,17-19H,3,5,9,16H2,1-2,4,6-7H3/b13-8-,29-20-,31-24?. The fourth-order valence-corrected chi connectivity index (χ4v) is 3.90. The highest BCUT2D eigenvalue weighted by Crippen LogP contribution is 2.37. The number of aliphatic imine (C=N–C) groups is 2. The third-order valence-corrected chi connectivity index (χ3v) is 5.61. The molecule has 0 aliphatic heterocycles. The summed E-state index contributed by atoms with van der Waals surface area (Å²) in [6, 6.07) is 12.1. The van der Waals surface area contributed by atoms with E-state index in [0.717, 1.165) is 51.2 Å². The summed E-state index contributed by atoms with van der Waals surface area (Å²) >= 11 is 0. The molecule has 0 spiro atoms. The molecule has 0 fully saturated rings. The van der Waals surface area contributed by atoms with E-state index in [1.165, 1.54) is 0 Å². The minimum atomic E-state index is 0.623. The lowest BCUT2D eigenvalue weighted by Gasteiger charge is -2.14. The average molecular weight is 456 g/mol. The molecule has 0 atom stereocenters. The van der Waals surface area contributed by atoms with Gasteiger partial charge in [0.2, 0.25) is 0 Å². The molecule has 5 heteroatoms. The van der Waals surface area contributed by atoms with Crippen molar-refractivity contribution in [3.63, 3.8) is 0 Å². The van der Waals surface area contributed by atoms with Gasteiger partial charge in [0.25, 0.3) is 0 Å². The minimum absolute atomic E-state index is 0.623. The van der Waals surface area contributed by atoms with Crippen LogP contribution in [0.15, 0.2) is 76.9 Å². The zero-order valence-electron chi connectivity index (χ0n) is 20.8. The highest BCUT2D eigenvalue weighted by atomic mass is 16.5. The smallest absolute Gasteiger partial charge is 0.148 e. The van der Waals surface area contributed by atoms with Crippen LogP contribution < -0.4 is 9.47 Å². The van der Waals surface area contributed by atoms with Gasteiger partial charge in [-0.1, -0.05) is 43.9 Å². The summed E-state index contributed by atoms with van der Waals surface area (Å²) in [7, 11) is 3.67. The SMILES string of the molecule is C=Cc1cc(N=C(/C=C\C)/C(C)=C(\N=C)c2cn(C)c3ccccc23)c(OC)cc1OCCC. The number of aryl methyl sites for hydroxylation is 1. The van der Waals surface area contributed by atoms with Gasteiger partial charge in [0.1, 0.15) is 17.2 Å². The van der Waals surface area contributed by atoms with Crippen molar-refractivity contribution in [3.8, 4) is 11.5 Å². The Bertz CT molecular complexity index is 1290. The van der Waals surface area contributed by atoms with Crippen molar-refractivity contribution in [2.45, 2.75) is 27.2 Å². The lowest BCUT2D eigenvalue weighted by atomic mass is 10.0. The van der Waals surface area contributed by atoms with Crippen LogP contribution in [-0.2, 0) is 7.05 Å². The maximum absolute atomic E-state index is 5.88. The van der Waals surface area contributed by atoms with Gasteiger partial charge in [-0.25, -0.2) is 4.99 Å². The van der Waals surface area contributed by atoms with E-state index in [4.69, 9.17) is 14.5 Å². The molecule has 2 aromatic carbocycles. The van der Waals surface area contributed by atoms with Crippen LogP contribution in [0.1, 0.15) is 38.3 Å². The Kier molecular flexibility index (Phi) is 8.25. The molecule has 3 aromatic rings. The molecular weight excluding hydrogens is 422 g/mol. The first kappa shape index (κ1) is 24.8. The zero-order valence-corrected chi connectivity index (χ0v) is 20.8. The molecule has 1 heterocycles. The first-order valence-electron chi connectivity index (χ1n) is 11.4. The van der Waals surface area contributed by atoms with Crippen LogP contribution >= 0.6 is 0 Å². The fourth-order valence-electron chi connectivity index (χ4n) is 3.90. The Balaban J connectivity index is 2.20. The predicted molar refractivity (Wildman–Crippen MR) is 146 cm³/mol. The lowest BCUT2D eigenvalue weighted by molar-refractivity contribution is 0.314. The topological polar surface area (TPSA) is 48.1 Å². The highest BCUT2D eigenvalue weighted by Gasteiger charge is 2.16. The van der Waals surface area contributed by atoms with E-state index in [1.807, 2.05) is 57.3 Å². The molecule has 0 saturated carbocycles. The highest BCUT2D eigenvalue weighted by molar-refractivity contribution is 6.15. The van der Waals surface area contributed by atoms with Gasteiger partial charge in [0.05, 0.1) is 25.1 Å². The number of hydrogen-bond acceptors (Lipinski definition) is 4. The summed E-state index contributed by atoms with van der Waals surface area (Å²) in [6.45, 7) is 14.5. The van der Waals surface area contributed by atoms with Crippen LogP contribution in [0.4, 0.5) is 5.69 Å². The molecule has 0 radical (unpaired) electrons. The van der Waals surface area contributed by atoms with Crippen molar-refractivity contribution in [1.82, 2.24) is 4.57 Å². The number of hydrogen-bond donors (Lipinski definition) is 0. The van der Waals surface area contributed by atoms with Crippen molar-refractivity contribution >= 4 is 40.8 Å². The van der Waals surface area contributed by atoms with Crippen LogP contribution in [0, 0.1) is 0 Å². The van der Waals surface area contributed by atoms with Crippen LogP contribution in [0.2, 0.25) is 0 Å². The maximum atomic E-state index is 5.88. The number of allylic oxidation sites excluding steroid dienone is 3. The van der Waals surface area contributed by atoms with Gasteiger partial charge in [-0.3, -0.25) is 4.99 Å². The molecule has 176 valence electrons. The Morgan fingerprint density at radius 1 is 1.18 bits per heavy atom. The summed E-state index contributed by atoms with van der Waals surface area (Å²) in [5.41, 5.74) is 6.19. The van der Waals surface area contributed by atoms with Crippen LogP contribution in [0.3, 0.4) is 0 Å². The van der Waals surface area contributed by atoms with Gasteiger partial charge in [0, 0.05) is 46.9 Å². The van der Waals surface area contributed by atoms with E-state index < -0.39 is 0 Å². The number of aromatic nitrogens is 1. The summed E-state index contributed by atoms with van der Waals surface area (Å²) in [5, 5.41) is 1.12. The molecule has 0 aliphatic rings. The van der Waals surface area contributed by atoms with Crippen molar-refractivity contribution in [2.75, 3.05) is 13.7 Å². The summed E-state index contributed by atoms with van der Waals surface area (Å²) in [4.78, 5) is 9.40. The van der Waals surface area contributed by atoms with Crippen molar-refractivity contribution < 1.29 is 9.47 Å². The second-order valence-corrected chi connectivity index (χ2v) is 7.91. The second-order valence-electron chi connectivity index (χ2n) is 7.91. The van der Waals surface area contributed by atoms with Gasteiger partial charge >= 0.3 is 0 Å². The predicted octanol–water partition coefficient (Wildman–Crippen LogP) is 7.40. The van der Waals surface area contributed by atoms with E-state index in [0.29, 0.717) is 18.0 Å². The van der Waals surface area contributed by atoms with Crippen LogP contribution in [0.25, 0.3) is 22.7 Å². The molecular formula is C29H33N3O2. The van der Waals surface area contributed by atoms with E-state index in [1.54, 1.807) is 13.2 Å². The molecule has 0 N–H and O–H groups in total. The van der Waals surface area contributed by atoms with Crippen LogP contribution in [0.5, 0.6) is 11.5 Å². The van der Waals surface area contributed by atoms with Gasteiger partial charge in [0.15, 0.2) is 0 Å². The fraction of sp³-hybridized carbons (Fsp3) is 0.241. The van der Waals surface area contributed by atoms with E-state index >= 15 is 0 Å².